The summed E-state index contributed by atoms with van der Waals surface area (Å²) in [5.41, 5.74) is 14.1. The molecule has 1 aromatic carbocycles. The highest BCUT2D eigenvalue weighted by Crippen LogP contribution is 2.38. The number of nitrogens with two attached hydrogens (primary N) is 2. The van der Waals surface area contributed by atoms with Gasteiger partial charge in [0.1, 0.15) is 5.75 Å². The van der Waals surface area contributed by atoms with E-state index >= 15 is 0 Å². The lowest BCUT2D eigenvalue weighted by Gasteiger charge is -2.08. The summed E-state index contributed by atoms with van der Waals surface area (Å²) < 4.78 is 0. The van der Waals surface area contributed by atoms with Crippen LogP contribution >= 0.6 is 0 Å². The summed E-state index contributed by atoms with van der Waals surface area (Å²) in [6.45, 7) is 0. The molecule has 0 spiro atoms. The second-order valence-corrected chi connectivity index (χ2v) is 3.21. The minimum absolute atomic E-state index is 0.00657. The Balaban J connectivity index is 2.64. The van der Waals surface area contributed by atoms with Gasteiger partial charge in [-0.1, -0.05) is 0 Å². The van der Waals surface area contributed by atoms with Gasteiger partial charge in [0, 0.05) is 17.3 Å². The van der Waals surface area contributed by atoms with Crippen molar-refractivity contribution in [1.82, 2.24) is 0 Å². The Morgan fingerprint density at radius 1 is 1.42 bits per heavy atom. The molecule has 0 aliphatic heterocycles. The third-order valence-corrected chi connectivity index (χ3v) is 2.44. The number of phenols is 1. The first-order valence-electron chi connectivity index (χ1n) is 4.06. The van der Waals surface area contributed by atoms with E-state index in [1.807, 2.05) is 0 Å². The monoisotopic (exact) mass is 164 g/mol. The summed E-state index contributed by atoms with van der Waals surface area (Å²) in [5, 5.41) is 9.46. The Kier molecular flexibility index (Phi) is 1.48. The van der Waals surface area contributed by atoms with Gasteiger partial charge in [-0.15, -0.1) is 0 Å². The normalized spacial score (nSPS) is 20.9. The summed E-state index contributed by atoms with van der Waals surface area (Å²) in [7, 11) is 0. The van der Waals surface area contributed by atoms with E-state index in [1.165, 1.54) is 0 Å². The number of aromatic hydroxyl groups is 1. The quantitative estimate of drug-likeness (QED) is 0.394. The van der Waals surface area contributed by atoms with Gasteiger partial charge in [-0.05, 0) is 30.5 Å². The molecule has 0 amide bonds. The highest BCUT2D eigenvalue weighted by Gasteiger charge is 2.23. The molecule has 3 heteroatoms. The summed E-state index contributed by atoms with van der Waals surface area (Å²) in [4.78, 5) is 0. The average Bonchev–Trinajstić information content (AvgIpc) is 2.42. The first-order valence-corrected chi connectivity index (χ1v) is 4.06. The first kappa shape index (κ1) is 7.43. The number of rotatable bonds is 0. The second-order valence-electron chi connectivity index (χ2n) is 3.21. The van der Waals surface area contributed by atoms with E-state index < -0.39 is 0 Å². The molecule has 0 saturated carbocycles. The minimum atomic E-state index is 0.00657. The van der Waals surface area contributed by atoms with Gasteiger partial charge in [0.15, 0.2) is 0 Å². The molecule has 5 N–H and O–H groups in total. The standard InChI is InChI=1S/C9H12N2O/c10-6-2-1-5-8(12)4-3-7(11)9(5)6/h3-4,6,12H,1-2,10-11H2/t6-/m0/s1. The molecule has 0 bridgehead atoms. The zero-order chi connectivity index (χ0) is 8.72. The molecule has 0 radical (unpaired) electrons. The molecule has 1 aromatic rings. The van der Waals surface area contributed by atoms with Gasteiger partial charge in [-0.3, -0.25) is 0 Å². The summed E-state index contributed by atoms with van der Waals surface area (Å²) in [6, 6.07) is 3.35. The van der Waals surface area contributed by atoms with Crippen LogP contribution in [-0.2, 0) is 6.42 Å². The van der Waals surface area contributed by atoms with Crippen LogP contribution in [0.5, 0.6) is 5.75 Å². The van der Waals surface area contributed by atoms with Crippen molar-refractivity contribution in [2.24, 2.45) is 5.73 Å². The number of phenolic OH excluding ortho intramolecular Hbond substituents is 1. The minimum Gasteiger partial charge on any atom is -0.508 e. The van der Waals surface area contributed by atoms with E-state index in [1.54, 1.807) is 12.1 Å². The van der Waals surface area contributed by atoms with Gasteiger partial charge in [-0.25, -0.2) is 0 Å². The molecule has 1 atom stereocenters. The van der Waals surface area contributed by atoms with E-state index in [2.05, 4.69) is 0 Å². The number of nitrogen functional groups attached to an aromatic ring is 1. The lowest BCUT2D eigenvalue weighted by molar-refractivity contribution is 0.469. The predicted octanol–water partition coefficient (Wildman–Crippen LogP) is 0.920. The fourth-order valence-corrected chi connectivity index (χ4v) is 1.82. The van der Waals surface area contributed by atoms with Gasteiger partial charge in [0.05, 0.1) is 0 Å². The Labute approximate surface area is 71.0 Å². The third kappa shape index (κ3) is 0.865. The molecule has 3 nitrogen and oxygen atoms in total. The Hall–Kier alpha value is -1.22. The van der Waals surface area contributed by atoms with Crippen molar-refractivity contribution >= 4 is 5.69 Å². The van der Waals surface area contributed by atoms with Crippen LogP contribution in [0.15, 0.2) is 12.1 Å². The molecule has 1 aliphatic rings. The second kappa shape index (κ2) is 2.38. The Bertz CT molecular complexity index is 323. The zero-order valence-corrected chi connectivity index (χ0v) is 6.75. The van der Waals surface area contributed by atoms with Gasteiger partial charge in [0.25, 0.3) is 0 Å². The highest BCUT2D eigenvalue weighted by atomic mass is 16.3. The average molecular weight is 164 g/mol. The number of hydrogen-bond acceptors (Lipinski definition) is 3. The maximum atomic E-state index is 9.46. The summed E-state index contributed by atoms with van der Waals surface area (Å²) >= 11 is 0. The van der Waals surface area contributed by atoms with Crippen LogP contribution in [-0.4, -0.2) is 5.11 Å². The van der Waals surface area contributed by atoms with E-state index in [0.717, 1.165) is 24.0 Å². The van der Waals surface area contributed by atoms with Crippen LogP contribution in [0.3, 0.4) is 0 Å². The van der Waals surface area contributed by atoms with Crippen molar-refractivity contribution in [1.29, 1.82) is 0 Å². The van der Waals surface area contributed by atoms with Crippen LogP contribution < -0.4 is 11.5 Å². The van der Waals surface area contributed by atoms with Crippen LogP contribution in [0.4, 0.5) is 5.69 Å². The van der Waals surface area contributed by atoms with E-state index in [9.17, 15) is 5.11 Å². The molecule has 0 heterocycles. The number of anilines is 1. The summed E-state index contributed by atoms with van der Waals surface area (Å²) in [5.74, 6) is 0.326. The fourth-order valence-electron chi connectivity index (χ4n) is 1.82. The number of benzene rings is 1. The van der Waals surface area contributed by atoms with Crippen LogP contribution in [0, 0.1) is 0 Å². The zero-order valence-electron chi connectivity index (χ0n) is 6.75. The van der Waals surface area contributed by atoms with Crippen molar-refractivity contribution in [2.75, 3.05) is 5.73 Å². The van der Waals surface area contributed by atoms with Crippen molar-refractivity contribution in [2.45, 2.75) is 18.9 Å². The molecule has 1 aliphatic carbocycles. The highest BCUT2D eigenvalue weighted by molar-refractivity contribution is 5.59. The SMILES string of the molecule is Nc1ccc(O)c2c1[C@@H](N)CC2. The van der Waals surface area contributed by atoms with E-state index in [0.29, 0.717) is 11.4 Å². The Morgan fingerprint density at radius 3 is 2.83 bits per heavy atom. The molecule has 0 saturated heterocycles. The first-order chi connectivity index (χ1) is 5.70. The molecule has 2 rings (SSSR count). The van der Waals surface area contributed by atoms with Gasteiger partial charge >= 0.3 is 0 Å². The van der Waals surface area contributed by atoms with Crippen molar-refractivity contribution in [3.05, 3.63) is 23.3 Å². The van der Waals surface area contributed by atoms with Crippen molar-refractivity contribution in [3.63, 3.8) is 0 Å². The lowest BCUT2D eigenvalue weighted by atomic mass is 10.1. The molecular formula is C9H12N2O. The molecular weight excluding hydrogens is 152 g/mol. The smallest absolute Gasteiger partial charge is 0.119 e. The molecule has 12 heavy (non-hydrogen) atoms. The van der Waals surface area contributed by atoms with Gasteiger partial charge in [-0.2, -0.15) is 0 Å². The third-order valence-electron chi connectivity index (χ3n) is 2.44. The van der Waals surface area contributed by atoms with Gasteiger partial charge in [0.2, 0.25) is 0 Å². The summed E-state index contributed by atoms with van der Waals surface area (Å²) in [6.07, 6.45) is 1.73. The van der Waals surface area contributed by atoms with Crippen LogP contribution in [0.1, 0.15) is 23.6 Å². The largest absolute Gasteiger partial charge is 0.508 e. The maximum Gasteiger partial charge on any atom is 0.119 e. The van der Waals surface area contributed by atoms with Crippen LogP contribution in [0.2, 0.25) is 0 Å². The predicted molar refractivity (Wildman–Crippen MR) is 47.8 cm³/mol. The molecule has 0 aromatic heterocycles. The Morgan fingerprint density at radius 2 is 2.17 bits per heavy atom. The van der Waals surface area contributed by atoms with E-state index in [4.69, 9.17) is 11.5 Å². The molecule has 64 valence electrons. The van der Waals surface area contributed by atoms with Gasteiger partial charge < -0.3 is 16.6 Å². The lowest BCUT2D eigenvalue weighted by Crippen LogP contribution is -2.07. The maximum absolute atomic E-state index is 9.46. The fraction of sp³-hybridized carbons (Fsp3) is 0.333. The van der Waals surface area contributed by atoms with Crippen molar-refractivity contribution in [3.8, 4) is 5.75 Å². The van der Waals surface area contributed by atoms with Crippen molar-refractivity contribution < 1.29 is 5.11 Å². The number of hydrogen-bond donors (Lipinski definition) is 3. The molecule has 0 fully saturated rings. The van der Waals surface area contributed by atoms with E-state index in [-0.39, 0.29) is 6.04 Å². The van der Waals surface area contributed by atoms with Crippen LogP contribution in [0.25, 0.3) is 0 Å². The molecule has 0 unspecified atom stereocenters. The topological polar surface area (TPSA) is 72.3 Å². The number of fused-ring (bicyclic) bond motifs is 1.